The van der Waals surface area contributed by atoms with E-state index < -0.39 is 5.63 Å². The van der Waals surface area contributed by atoms with E-state index in [2.05, 4.69) is 10.2 Å². The van der Waals surface area contributed by atoms with Crippen LogP contribution in [0.4, 0.5) is 5.69 Å². The molecule has 1 aliphatic heterocycles. The smallest absolute Gasteiger partial charge is 0.365 e. The van der Waals surface area contributed by atoms with Crippen molar-refractivity contribution >= 4 is 11.6 Å². The number of benzene rings is 1. The van der Waals surface area contributed by atoms with E-state index in [1.807, 2.05) is 24.3 Å². The second kappa shape index (κ2) is 6.70. The van der Waals surface area contributed by atoms with Gasteiger partial charge in [-0.25, -0.2) is 4.79 Å². The molecular formula is C16H19N3O4. The molecule has 1 fully saturated rings. The van der Waals surface area contributed by atoms with Crippen LogP contribution in [-0.2, 0) is 16.2 Å². The molecule has 0 aliphatic carbocycles. The summed E-state index contributed by atoms with van der Waals surface area (Å²) in [5.74, 6) is -0.183. The van der Waals surface area contributed by atoms with Crippen molar-refractivity contribution in [1.29, 1.82) is 0 Å². The maximum atomic E-state index is 11.9. The van der Waals surface area contributed by atoms with Crippen molar-refractivity contribution in [3.8, 4) is 11.1 Å². The highest BCUT2D eigenvalue weighted by atomic mass is 16.5. The van der Waals surface area contributed by atoms with Crippen LogP contribution in [0.3, 0.4) is 0 Å². The van der Waals surface area contributed by atoms with E-state index in [1.165, 1.54) is 11.7 Å². The third kappa shape index (κ3) is 3.62. The minimum atomic E-state index is -0.422. The van der Waals surface area contributed by atoms with Crippen molar-refractivity contribution in [2.75, 3.05) is 31.2 Å². The second-order valence-corrected chi connectivity index (χ2v) is 5.38. The quantitative estimate of drug-likeness (QED) is 0.912. The van der Waals surface area contributed by atoms with Crippen LogP contribution in [-0.4, -0.2) is 37.0 Å². The van der Waals surface area contributed by atoms with Crippen LogP contribution >= 0.6 is 0 Å². The Morgan fingerprint density at radius 2 is 1.91 bits per heavy atom. The number of amides is 1. The molecule has 1 aliphatic rings. The molecule has 0 saturated carbocycles. The molecule has 1 aromatic heterocycles. The highest BCUT2D eigenvalue weighted by molar-refractivity contribution is 5.72. The molecule has 2 aromatic rings. The maximum Gasteiger partial charge on any atom is 0.365 e. The van der Waals surface area contributed by atoms with Crippen molar-refractivity contribution < 1.29 is 14.1 Å². The molecule has 7 nitrogen and oxygen atoms in total. The van der Waals surface area contributed by atoms with Gasteiger partial charge in [-0.05, 0) is 17.7 Å². The number of anilines is 1. The van der Waals surface area contributed by atoms with Gasteiger partial charge in [-0.2, -0.15) is 4.74 Å². The van der Waals surface area contributed by atoms with E-state index in [4.69, 9.17) is 9.26 Å². The largest absolute Gasteiger partial charge is 0.378 e. The number of carbonyl (C=O) groups is 1. The lowest BCUT2D eigenvalue weighted by Crippen LogP contribution is -2.36. The van der Waals surface area contributed by atoms with Gasteiger partial charge in [0, 0.05) is 25.7 Å². The summed E-state index contributed by atoms with van der Waals surface area (Å²) in [4.78, 5) is 25.1. The van der Waals surface area contributed by atoms with Crippen LogP contribution < -0.4 is 15.8 Å². The number of rotatable bonds is 4. The molecule has 1 amide bonds. The average molecular weight is 317 g/mol. The number of hydrogen-bond acceptors (Lipinski definition) is 5. The summed E-state index contributed by atoms with van der Waals surface area (Å²) in [5, 5.41) is 2.58. The van der Waals surface area contributed by atoms with E-state index in [0.29, 0.717) is 5.56 Å². The molecule has 23 heavy (non-hydrogen) atoms. The van der Waals surface area contributed by atoms with Crippen LogP contribution in [0.5, 0.6) is 0 Å². The van der Waals surface area contributed by atoms with Crippen molar-refractivity contribution in [3.63, 3.8) is 0 Å². The topological polar surface area (TPSA) is 76.7 Å². The molecule has 7 heteroatoms. The molecule has 1 N–H and O–H groups in total. The van der Waals surface area contributed by atoms with Crippen molar-refractivity contribution in [3.05, 3.63) is 40.9 Å². The predicted octanol–water partition coefficient (Wildman–Crippen LogP) is 1.04. The lowest BCUT2D eigenvalue weighted by Gasteiger charge is -2.28. The van der Waals surface area contributed by atoms with Crippen LogP contribution in [0.2, 0.25) is 0 Å². The zero-order valence-corrected chi connectivity index (χ0v) is 12.9. The third-order valence-electron chi connectivity index (χ3n) is 3.73. The Hall–Kier alpha value is -2.54. The molecule has 0 atom stereocenters. The van der Waals surface area contributed by atoms with E-state index >= 15 is 0 Å². The van der Waals surface area contributed by atoms with Crippen LogP contribution in [0.1, 0.15) is 6.92 Å². The summed E-state index contributed by atoms with van der Waals surface area (Å²) in [5.41, 5.74) is 1.95. The fraction of sp³-hybridized carbons (Fsp3) is 0.375. The zero-order chi connectivity index (χ0) is 16.2. The van der Waals surface area contributed by atoms with Gasteiger partial charge in [0.1, 0.15) is 6.67 Å². The Bertz CT molecular complexity index is 727. The van der Waals surface area contributed by atoms with Crippen LogP contribution in [0.25, 0.3) is 11.1 Å². The Morgan fingerprint density at radius 1 is 1.22 bits per heavy atom. The van der Waals surface area contributed by atoms with Crippen molar-refractivity contribution in [2.45, 2.75) is 13.6 Å². The Morgan fingerprint density at radius 3 is 2.57 bits per heavy atom. The number of ether oxygens (including phenoxy) is 1. The molecule has 0 bridgehead atoms. The van der Waals surface area contributed by atoms with Gasteiger partial charge in [0.05, 0.1) is 25.0 Å². The first-order valence-electron chi connectivity index (χ1n) is 7.52. The molecule has 1 aromatic carbocycles. The number of carbonyl (C=O) groups excluding carboxylic acids is 1. The fourth-order valence-electron chi connectivity index (χ4n) is 2.51. The molecular weight excluding hydrogens is 298 g/mol. The number of hydrogen-bond donors (Lipinski definition) is 1. The number of nitrogens with one attached hydrogen (secondary N) is 1. The van der Waals surface area contributed by atoms with Gasteiger partial charge < -0.3 is 19.5 Å². The normalized spacial score (nSPS) is 14.7. The summed E-state index contributed by atoms with van der Waals surface area (Å²) < 4.78 is 11.7. The number of aromatic nitrogens is 1. The molecule has 2 heterocycles. The first-order valence-corrected chi connectivity index (χ1v) is 7.52. The van der Waals surface area contributed by atoms with E-state index in [-0.39, 0.29) is 12.6 Å². The van der Waals surface area contributed by atoms with Gasteiger partial charge in [0.25, 0.3) is 0 Å². The lowest BCUT2D eigenvalue weighted by atomic mass is 10.1. The molecule has 0 spiro atoms. The summed E-state index contributed by atoms with van der Waals surface area (Å²) in [7, 11) is 0. The molecule has 1 saturated heterocycles. The van der Waals surface area contributed by atoms with Gasteiger partial charge in [-0.3, -0.25) is 4.79 Å². The first kappa shape index (κ1) is 15.4. The van der Waals surface area contributed by atoms with E-state index in [0.717, 1.165) is 37.6 Å². The maximum absolute atomic E-state index is 11.9. The van der Waals surface area contributed by atoms with Gasteiger partial charge in [-0.15, -0.1) is 0 Å². The van der Waals surface area contributed by atoms with Gasteiger partial charge in [-0.1, -0.05) is 12.1 Å². The van der Waals surface area contributed by atoms with Gasteiger partial charge in [0.15, 0.2) is 0 Å². The Balaban J connectivity index is 1.76. The summed E-state index contributed by atoms with van der Waals surface area (Å²) in [6.45, 7) is 4.75. The number of nitrogens with zero attached hydrogens (tertiary/aromatic N) is 2. The highest BCUT2D eigenvalue weighted by Gasteiger charge is 2.13. The zero-order valence-electron chi connectivity index (χ0n) is 12.9. The predicted molar refractivity (Wildman–Crippen MR) is 85.3 cm³/mol. The third-order valence-corrected chi connectivity index (χ3v) is 3.73. The van der Waals surface area contributed by atoms with E-state index in [9.17, 15) is 9.59 Å². The molecule has 0 radical (unpaired) electrons. The lowest BCUT2D eigenvalue weighted by molar-refractivity contribution is -0.119. The molecule has 3 rings (SSSR count). The standard InChI is InChI=1S/C16H19N3O4/c1-12(20)17-11-19-10-15(16(21)23-19)13-2-4-14(5-3-13)18-6-8-22-9-7-18/h2-5,10H,6-9,11H2,1H3,(H,17,20). The number of morpholine rings is 1. The fourth-order valence-corrected chi connectivity index (χ4v) is 2.51. The minimum absolute atomic E-state index is 0.135. The van der Waals surface area contributed by atoms with Crippen molar-refractivity contribution in [1.82, 2.24) is 10.1 Å². The van der Waals surface area contributed by atoms with E-state index in [1.54, 1.807) is 6.20 Å². The monoisotopic (exact) mass is 317 g/mol. The minimum Gasteiger partial charge on any atom is -0.378 e. The highest BCUT2D eigenvalue weighted by Crippen LogP contribution is 2.22. The van der Waals surface area contributed by atoms with Gasteiger partial charge in [0.2, 0.25) is 5.91 Å². The van der Waals surface area contributed by atoms with Gasteiger partial charge >= 0.3 is 5.63 Å². The summed E-state index contributed by atoms with van der Waals surface area (Å²) in [6, 6.07) is 7.79. The molecule has 0 unspecified atom stereocenters. The first-order chi connectivity index (χ1) is 11.1. The van der Waals surface area contributed by atoms with Crippen LogP contribution in [0.15, 0.2) is 39.8 Å². The summed E-state index contributed by atoms with van der Waals surface area (Å²) in [6.07, 6.45) is 1.60. The summed E-state index contributed by atoms with van der Waals surface area (Å²) >= 11 is 0. The Labute approximate surface area is 133 Å². The second-order valence-electron chi connectivity index (χ2n) is 5.38. The Kier molecular flexibility index (Phi) is 4.47. The van der Waals surface area contributed by atoms with Crippen LogP contribution in [0, 0.1) is 0 Å². The average Bonchev–Trinajstić information content (AvgIpc) is 2.95. The molecule has 122 valence electrons. The van der Waals surface area contributed by atoms with Crippen molar-refractivity contribution in [2.24, 2.45) is 0 Å². The SMILES string of the molecule is CC(=O)NCn1cc(-c2ccc(N3CCOCC3)cc2)c(=O)o1.